The van der Waals surface area contributed by atoms with E-state index in [0.29, 0.717) is 18.7 Å². The second-order valence-electron chi connectivity index (χ2n) is 8.39. The van der Waals surface area contributed by atoms with Crippen LogP contribution in [0.3, 0.4) is 0 Å². The Morgan fingerprint density at radius 2 is 1.84 bits per heavy atom. The van der Waals surface area contributed by atoms with E-state index in [2.05, 4.69) is 0 Å². The lowest BCUT2D eigenvalue weighted by Crippen LogP contribution is -2.32. The molecule has 1 amide bonds. The smallest absolute Gasteiger partial charge is 0.295 e. The van der Waals surface area contributed by atoms with Crippen LogP contribution >= 0.6 is 0 Å². The standard InChI is InChI=1S/C26H32N2O4/c1-5-16-32-21-13-12-20(17-18(21)2)24(29)22-23(19-10-7-6-8-11-19)28(26(31)25(22)30)15-9-14-27(3)4/h6-8,10-13,17,23,29H,5,9,14-16H2,1-4H3/b24-22+. The van der Waals surface area contributed by atoms with Gasteiger partial charge in [0.25, 0.3) is 11.7 Å². The van der Waals surface area contributed by atoms with Crippen molar-refractivity contribution < 1.29 is 19.4 Å². The zero-order valence-corrected chi connectivity index (χ0v) is 19.3. The molecule has 0 saturated carbocycles. The number of aliphatic hydroxyl groups excluding tert-OH is 1. The fourth-order valence-electron chi connectivity index (χ4n) is 3.98. The molecule has 2 aromatic carbocycles. The van der Waals surface area contributed by atoms with Gasteiger partial charge < -0.3 is 19.6 Å². The minimum atomic E-state index is -0.648. The molecule has 1 aliphatic rings. The van der Waals surface area contributed by atoms with Gasteiger partial charge in [0.2, 0.25) is 0 Å². The summed E-state index contributed by atoms with van der Waals surface area (Å²) in [7, 11) is 3.94. The topological polar surface area (TPSA) is 70.1 Å². The Balaban J connectivity index is 2.03. The van der Waals surface area contributed by atoms with E-state index in [0.717, 1.165) is 36.3 Å². The summed E-state index contributed by atoms with van der Waals surface area (Å²) in [5.74, 6) is -0.631. The van der Waals surface area contributed by atoms with Crippen LogP contribution < -0.4 is 4.74 Å². The van der Waals surface area contributed by atoms with Crippen molar-refractivity contribution in [2.24, 2.45) is 0 Å². The molecule has 1 atom stereocenters. The van der Waals surface area contributed by atoms with Crippen LogP contribution in [0.25, 0.3) is 5.76 Å². The van der Waals surface area contributed by atoms with Crippen LogP contribution in [0.4, 0.5) is 0 Å². The lowest BCUT2D eigenvalue weighted by Gasteiger charge is -2.26. The Morgan fingerprint density at radius 1 is 1.12 bits per heavy atom. The maximum Gasteiger partial charge on any atom is 0.295 e. The third-order valence-electron chi connectivity index (χ3n) is 5.57. The van der Waals surface area contributed by atoms with E-state index in [9.17, 15) is 14.7 Å². The van der Waals surface area contributed by atoms with Gasteiger partial charge in [0.1, 0.15) is 11.5 Å². The zero-order valence-electron chi connectivity index (χ0n) is 19.3. The molecule has 32 heavy (non-hydrogen) atoms. The van der Waals surface area contributed by atoms with Crippen LogP contribution in [0.2, 0.25) is 0 Å². The van der Waals surface area contributed by atoms with Crippen molar-refractivity contribution in [1.29, 1.82) is 0 Å². The summed E-state index contributed by atoms with van der Waals surface area (Å²) in [4.78, 5) is 29.6. The number of aryl methyl sites for hydroxylation is 1. The number of rotatable bonds is 9. The highest BCUT2D eigenvalue weighted by molar-refractivity contribution is 6.46. The summed E-state index contributed by atoms with van der Waals surface area (Å²) < 4.78 is 5.72. The van der Waals surface area contributed by atoms with E-state index in [4.69, 9.17) is 4.74 Å². The summed E-state index contributed by atoms with van der Waals surface area (Å²) in [5, 5.41) is 11.2. The van der Waals surface area contributed by atoms with Crippen LogP contribution in [0, 0.1) is 6.92 Å². The van der Waals surface area contributed by atoms with Gasteiger partial charge >= 0.3 is 0 Å². The lowest BCUT2D eigenvalue weighted by molar-refractivity contribution is -0.139. The minimum absolute atomic E-state index is 0.132. The van der Waals surface area contributed by atoms with E-state index in [1.54, 1.807) is 23.1 Å². The average molecular weight is 437 g/mol. The summed E-state index contributed by atoms with van der Waals surface area (Å²) >= 11 is 0. The highest BCUT2D eigenvalue weighted by Gasteiger charge is 2.45. The first kappa shape index (κ1) is 23.5. The van der Waals surface area contributed by atoms with Gasteiger partial charge in [0.05, 0.1) is 18.2 Å². The molecular formula is C26H32N2O4. The lowest BCUT2D eigenvalue weighted by atomic mass is 9.95. The highest BCUT2D eigenvalue weighted by atomic mass is 16.5. The van der Waals surface area contributed by atoms with Gasteiger partial charge in [-0.3, -0.25) is 9.59 Å². The predicted octanol–water partition coefficient (Wildman–Crippen LogP) is 4.16. The first-order valence-corrected chi connectivity index (χ1v) is 11.1. The molecule has 1 fully saturated rings. The molecule has 0 radical (unpaired) electrons. The van der Waals surface area contributed by atoms with Crippen molar-refractivity contribution in [3.63, 3.8) is 0 Å². The van der Waals surface area contributed by atoms with Crippen molar-refractivity contribution in [2.75, 3.05) is 33.8 Å². The Hall–Kier alpha value is -3.12. The largest absolute Gasteiger partial charge is 0.507 e. The molecule has 3 rings (SSSR count). The fraction of sp³-hybridized carbons (Fsp3) is 0.385. The van der Waals surface area contributed by atoms with Crippen LogP contribution in [-0.4, -0.2) is 60.4 Å². The van der Waals surface area contributed by atoms with Crippen molar-refractivity contribution >= 4 is 17.4 Å². The number of hydrogen-bond donors (Lipinski definition) is 1. The average Bonchev–Trinajstić information content (AvgIpc) is 3.03. The van der Waals surface area contributed by atoms with Crippen LogP contribution in [0.1, 0.15) is 42.5 Å². The van der Waals surface area contributed by atoms with Crippen LogP contribution in [-0.2, 0) is 9.59 Å². The predicted molar refractivity (Wildman–Crippen MR) is 126 cm³/mol. The third kappa shape index (κ3) is 5.02. The van der Waals surface area contributed by atoms with Gasteiger partial charge in [0, 0.05) is 12.1 Å². The van der Waals surface area contributed by atoms with Crippen molar-refractivity contribution in [2.45, 2.75) is 32.7 Å². The fourth-order valence-corrected chi connectivity index (χ4v) is 3.98. The van der Waals surface area contributed by atoms with Crippen molar-refractivity contribution in [3.8, 4) is 5.75 Å². The summed E-state index contributed by atoms with van der Waals surface area (Å²) in [6.45, 7) is 5.77. The van der Waals surface area contributed by atoms with Crippen molar-refractivity contribution in [1.82, 2.24) is 9.80 Å². The molecule has 170 valence electrons. The summed E-state index contributed by atoms with van der Waals surface area (Å²) in [5.41, 5.74) is 2.29. The number of benzene rings is 2. The zero-order chi connectivity index (χ0) is 23.3. The molecule has 6 nitrogen and oxygen atoms in total. The van der Waals surface area contributed by atoms with E-state index >= 15 is 0 Å². The maximum absolute atomic E-state index is 13.1. The highest BCUT2D eigenvalue weighted by Crippen LogP contribution is 2.39. The maximum atomic E-state index is 13.1. The van der Waals surface area contributed by atoms with Gasteiger partial charge in [-0.1, -0.05) is 37.3 Å². The van der Waals surface area contributed by atoms with Gasteiger partial charge in [-0.05, 0) is 69.7 Å². The molecule has 1 saturated heterocycles. The van der Waals surface area contributed by atoms with Crippen LogP contribution in [0.15, 0.2) is 54.1 Å². The number of aliphatic hydroxyl groups is 1. The number of ether oxygens (including phenoxy) is 1. The van der Waals surface area contributed by atoms with Gasteiger partial charge in [0.15, 0.2) is 0 Å². The number of carbonyl (C=O) groups is 2. The molecule has 6 heteroatoms. The molecule has 0 spiro atoms. The SMILES string of the molecule is CCCOc1ccc(/C(O)=C2\C(=O)C(=O)N(CCCN(C)C)C2c2ccccc2)cc1C. The minimum Gasteiger partial charge on any atom is -0.507 e. The molecule has 2 aromatic rings. The molecule has 0 bridgehead atoms. The van der Waals surface area contributed by atoms with Gasteiger partial charge in [-0.2, -0.15) is 0 Å². The molecule has 0 aromatic heterocycles. The quantitative estimate of drug-likeness (QED) is 0.363. The number of nitrogens with zero attached hydrogens (tertiary/aromatic N) is 2. The number of carbonyl (C=O) groups excluding carboxylic acids is 2. The number of ketones is 1. The molecule has 0 aliphatic carbocycles. The second kappa shape index (κ2) is 10.5. The number of likely N-dealkylation sites (tertiary alicyclic amines) is 1. The molecule has 1 heterocycles. The van der Waals surface area contributed by atoms with E-state index in [-0.39, 0.29) is 11.3 Å². The van der Waals surface area contributed by atoms with Gasteiger partial charge in [-0.15, -0.1) is 0 Å². The molecular weight excluding hydrogens is 404 g/mol. The summed E-state index contributed by atoms with van der Waals surface area (Å²) in [6.07, 6.45) is 1.63. The van der Waals surface area contributed by atoms with E-state index in [1.165, 1.54) is 0 Å². The first-order valence-electron chi connectivity index (χ1n) is 11.1. The van der Waals surface area contributed by atoms with Crippen molar-refractivity contribution in [3.05, 3.63) is 70.8 Å². The Kier molecular flexibility index (Phi) is 7.70. The molecule has 1 unspecified atom stereocenters. The normalized spacial score (nSPS) is 17.9. The Labute approximate surface area is 190 Å². The molecule has 1 aliphatic heterocycles. The number of Topliss-reactive ketones (excluding diaryl/α,β-unsaturated/α-hetero) is 1. The summed E-state index contributed by atoms with van der Waals surface area (Å²) in [6, 6.07) is 14.1. The third-order valence-corrected chi connectivity index (χ3v) is 5.57. The number of amides is 1. The van der Waals surface area contributed by atoms with Crippen LogP contribution in [0.5, 0.6) is 5.75 Å². The number of hydrogen-bond acceptors (Lipinski definition) is 5. The van der Waals surface area contributed by atoms with Gasteiger partial charge in [-0.25, -0.2) is 0 Å². The first-order chi connectivity index (χ1) is 15.3. The Bertz CT molecular complexity index is 998. The van der Waals surface area contributed by atoms with E-state index < -0.39 is 17.7 Å². The molecule has 1 N–H and O–H groups in total. The van der Waals surface area contributed by atoms with E-state index in [1.807, 2.05) is 63.2 Å². The Morgan fingerprint density at radius 3 is 2.47 bits per heavy atom. The monoisotopic (exact) mass is 436 g/mol. The second-order valence-corrected chi connectivity index (χ2v) is 8.39.